The van der Waals surface area contributed by atoms with Gasteiger partial charge in [0.25, 0.3) is 17.2 Å². The first-order valence-corrected chi connectivity index (χ1v) is 5.91. The number of aromatic nitrogens is 1. The Hall–Kier alpha value is -2.75. The molecule has 0 aliphatic carbocycles. The van der Waals surface area contributed by atoms with Crippen LogP contribution in [0.3, 0.4) is 0 Å². The van der Waals surface area contributed by atoms with Gasteiger partial charge in [0.15, 0.2) is 6.10 Å². The van der Waals surface area contributed by atoms with Crippen LogP contribution in [0.5, 0.6) is 0 Å². The van der Waals surface area contributed by atoms with Crippen molar-refractivity contribution in [2.24, 2.45) is 0 Å². The van der Waals surface area contributed by atoms with E-state index in [0.717, 1.165) is 17.2 Å². The standard InChI is InChI=1S/C11H11N3O7/c15-9-7(3-6(4-12-9)14(19)20)10(16)13-1-2-21-8(5-13)11(17)18/h3-4,8H,1-2,5H2,(H,12,15)(H,17,18). The van der Waals surface area contributed by atoms with Crippen molar-refractivity contribution < 1.29 is 24.4 Å². The molecule has 1 amide bonds. The smallest absolute Gasteiger partial charge is 0.334 e. The summed E-state index contributed by atoms with van der Waals surface area (Å²) in [5, 5.41) is 19.5. The summed E-state index contributed by atoms with van der Waals surface area (Å²) >= 11 is 0. The Bertz CT molecular complexity index is 653. The van der Waals surface area contributed by atoms with Crippen molar-refractivity contribution in [2.75, 3.05) is 19.7 Å². The predicted octanol–water partition coefficient (Wildman–Crippen LogP) is -0.791. The van der Waals surface area contributed by atoms with Gasteiger partial charge >= 0.3 is 5.97 Å². The van der Waals surface area contributed by atoms with Gasteiger partial charge in [0.1, 0.15) is 5.56 Å². The molecular formula is C11H11N3O7. The minimum absolute atomic E-state index is 0.00946. The molecule has 1 fully saturated rings. The molecule has 2 N–H and O–H groups in total. The van der Waals surface area contributed by atoms with Gasteiger partial charge in [-0.05, 0) is 0 Å². The molecule has 0 saturated carbocycles. The van der Waals surface area contributed by atoms with Crippen molar-refractivity contribution >= 4 is 17.6 Å². The fourth-order valence-corrected chi connectivity index (χ4v) is 1.89. The Kier molecular flexibility index (Phi) is 3.98. The van der Waals surface area contributed by atoms with E-state index in [1.54, 1.807) is 0 Å². The first kappa shape index (κ1) is 14.7. The molecule has 2 heterocycles. The highest BCUT2D eigenvalue weighted by atomic mass is 16.6. The van der Waals surface area contributed by atoms with E-state index in [2.05, 4.69) is 4.98 Å². The Labute approximate surface area is 117 Å². The molecule has 1 unspecified atom stereocenters. The first-order chi connectivity index (χ1) is 9.90. The molecule has 1 aliphatic heterocycles. The summed E-state index contributed by atoms with van der Waals surface area (Å²) in [6.07, 6.45) is -0.293. The Morgan fingerprint density at radius 2 is 2.24 bits per heavy atom. The second kappa shape index (κ2) is 5.71. The van der Waals surface area contributed by atoms with Gasteiger partial charge in [0.05, 0.1) is 24.3 Å². The summed E-state index contributed by atoms with van der Waals surface area (Å²) in [6, 6.07) is 0.867. The maximum absolute atomic E-state index is 12.2. The number of morpholine rings is 1. The summed E-state index contributed by atoms with van der Waals surface area (Å²) in [6.45, 7) is -0.115. The number of nitrogens with zero attached hydrogens (tertiary/aromatic N) is 2. The average Bonchev–Trinajstić information content (AvgIpc) is 2.47. The van der Waals surface area contributed by atoms with Crippen LogP contribution in [0.2, 0.25) is 0 Å². The molecule has 0 aromatic carbocycles. The number of carbonyl (C=O) groups excluding carboxylic acids is 1. The van der Waals surface area contributed by atoms with E-state index >= 15 is 0 Å². The number of pyridine rings is 1. The largest absolute Gasteiger partial charge is 0.479 e. The van der Waals surface area contributed by atoms with Crippen molar-refractivity contribution in [3.8, 4) is 0 Å². The molecule has 21 heavy (non-hydrogen) atoms. The molecule has 112 valence electrons. The minimum Gasteiger partial charge on any atom is -0.479 e. The minimum atomic E-state index is -1.22. The van der Waals surface area contributed by atoms with E-state index < -0.39 is 39.7 Å². The van der Waals surface area contributed by atoms with E-state index in [1.807, 2.05) is 0 Å². The number of amides is 1. The summed E-state index contributed by atoms with van der Waals surface area (Å²) in [5.41, 5.74) is -1.61. The van der Waals surface area contributed by atoms with Crippen molar-refractivity contribution in [3.63, 3.8) is 0 Å². The lowest BCUT2D eigenvalue weighted by atomic mass is 10.2. The molecule has 1 atom stereocenters. The van der Waals surface area contributed by atoms with Crippen LogP contribution in [0.4, 0.5) is 5.69 Å². The Balaban J connectivity index is 2.27. The number of carboxylic acid groups (broad SMARTS) is 1. The summed E-state index contributed by atoms with van der Waals surface area (Å²) < 4.78 is 4.96. The van der Waals surface area contributed by atoms with Crippen molar-refractivity contribution in [1.29, 1.82) is 0 Å². The molecule has 1 aromatic rings. The highest BCUT2D eigenvalue weighted by molar-refractivity contribution is 5.94. The van der Waals surface area contributed by atoms with Crippen molar-refractivity contribution in [1.82, 2.24) is 9.88 Å². The maximum atomic E-state index is 12.2. The second-order valence-electron chi connectivity index (χ2n) is 4.31. The number of carboxylic acids is 1. The number of carbonyl (C=O) groups is 2. The lowest BCUT2D eigenvalue weighted by Crippen LogP contribution is -2.49. The van der Waals surface area contributed by atoms with Crippen LogP contribution in [0.25, 0.3) is 0 Å². The zero-order valence-corrected chi connectivity index (χ0v) is 10.6. The SMILES string of the molecule is O=C(O)C1CN(C(=O)c2cc([N+](=O)[O-])c[nH]c2=O)CCO1. The molecule has 0 spiro atoms. The summed E-state index contributed by atoms with van der Waals surface area (Å²) in [5.74, 6) is -1.99. The number of hydrogen-bond donors (Lipinski definition) is 2. The van der Waals surface area contributed by atoms with Crippen LogP contribution in [0.15, 0.2) is 17.1 Å². The highest BCUT2D eigenvalue weighted by Gasteiger charge is 2.31. The molecule has 1 saturated heterocycles. The van der Waals surface area contributed by atoms with Crippen LogP contribution < -0.4 is 5.56 Å². The molecule has 10 nitrogen and oxygen atoms in total. The van der Waals surface area contributed by atoms with Crippen LogP contribution >= 0.6 is 0 Å². The van der Waals surface area contributed by atoms with Crippen LogP contribution in [-0.4, -0.2) is 57.6 Å². The van der Waals surface area contributed by atoms with E-state index in [1.165, 1.54) is 0 Å². The molecule has 2 rings (SSSR count). The third-order valence-corrected chi connectivity index (χ3v) is 2.96. The zero-order chi connectivity index (χ0) is 15.6. The third kappa shape index (κ3) is 3.05. The molecule has 1 aromatic heterocycles. The summed E-state index contributed by atoms with van der Waals surface area (Å²) in [7, 11) is 0. The number of hydrogen-bond acceptors (Lipinski definition) is 6. The number of nitro groups is 1. The Morgan fingerprint density at radius 1 is 1.52 bits per heavy atom. The van der Waals surface area contributed by atoms with Crippen molar-refractivity contribution in [2.45, 2.75) is 6.10 Å². The van der Waals surface area contributed by atoms with Gasteiger partial charge in [-0.2, -0.15) is 0 Å². The molecule has 1 aliphatic rings. The Morgan fingerprint density at radius 3 is 2.86 bits per heavy atom. The highest BCUT2D eigenvalue weighted by Crippen LogP contribution is 2.13. The second-order valence-corrected chi connectivity index (χ2v) is 4.31. The van der Waals surface area contributed by atoms with Gasteiger partial charge in [0.2, 0.25) is 0 Å². The number of aromatic amines is 1. The van der Waals surface area contributed by atoms with Crippen LogP contribution in [0, 0.1) is 10.1 Å². The molecule has 10 heteroatoms. The normalized spacial score (nSPS) is 18.3. The average molecular weight is 297 g/mol. The first-order valence-electron chi connectivity index (χ1n) is 5.91. The number of ether oxygens (including phenoxy) is 1. The fraction of sp³-hybridized carbons (Fsp3) is 0.364. The van der Waals surface area contributed by atoms with E-state index in [-0.39, 0.29) is 19.7 Å². The quantitative estimate of drug-likeness (QED) is 0.549. The van der Waals surface area contributed by atoms with Gasteiger partial charge in [-0.15, -0.1) is 0 Å². The predicted molar refractivity (Wildman–Crippen MR) is 67.0 cm³/mol. The number of aliphatic carboxylic acids is 1. The van der Waals surface area contributed by atoms with Crippen LogP contribution in [0.1, 0.15) is 10.4 Å². The summed E-state index contributed by atoms with van der Waals surface area (Å²) in [4.78, 5) is 47.8. The van der Waals surface area contributed by atoms with E-state index in [4.69, 9.17) is 9.84 Å². The van der Waals surface area contributed by atoms with E-state index in [0.29, 0.717) is 0 Å². The number of rotatable bonds is 3. The lowest BCUT2D eigenvalue weighted by Gasteiger charge is -2.30. The third-order valence-electron chi connectivity index (χ3n) is 2.96. The van der Waals surface area contributed by atoms with Gasteiger partial charge in [-0.3, -0.25) is 19.7 Å². The number of nitrogens with one attached hydrogen (secondary N) is 1. The molecular weight excluding hydrogens is 286 g/mol. The topological polar surface area (TPSA) is 143 Å². The monoisotopic (exact) mass is 297 g/mol. The van der Waals surface area contributed by atoms with Gasteiger partial charge in [-0.1, -0.05) is 0 Å². The van der Waals surface area contributed by atoms with Gasteiger partial charge < -0.3 is 19.7 Å². The van der Waals surface area contributed by atoms with Gasteiger partial charge in [-0.25, -0.2) is 4.79 Å². The molecule has 0 radical (unpaired) electrons. The molecule has 0 bridgehead atoms. The van der Waals surface area contributed by atoms with Gasteiger partial charge in [0, 0.05) is 12.6 Å². The zero-order valence-electron chi connectivity index (χ0n) is 10.6. The lowest BCUT2D eigenvalue weighted by molar-refractivity contribution is -0.385. The fourth-order valence-electron chi connectivity index (χ4n) is 1.89. The maximum Gasteiger partial charge on any atom is 0.334 e. The van der Waals surface area contributed by atoms with Crippen LogP contribution in [-0.2, 0) is 9.53 Å². The number of H-pyrrole nitrogens is 1. The van der Waals surface area contributed by atoms with Crippen molar-refractivity contribution in [3.05, 3.63) is 38.3 Å². The van der Waals surface area contributed by atoms with E-state index in [9.17, 15) is 24.5 Å².